The third-order valence-electron chi connectivity index (χ3n) is 10.0. The Morgan fingerprint density at radius 1 is 0.822 bits per heavy atom. The van der Waals surface area contributed by atoms with Gasteiger partial charge >= 0.3 is 0 Å². The molecule has 234 valence electrons. The van der Waals surface area contributed by atoms with Crippen LogP contribution in [0.25, 0.3) is 0 Å². The fraction of sp³-hybridized carbons (Fsp3) is 0.417. The molecule has 2 N–H and O–H groups in total. The predicted molar refractivity (Wildman–Crippen MR) is 169 cm³/mol. The fourth-order valence-corrected chi connectivity index (χ4v) is 8.42. The van der Waals surface area contributed by atoms with Crippen LogP contribution in [-0.2, 0) is 19.3 Å². The monoisotopic (exact) mass is 609 g/mol. The maximum absolute atomic E-state index is 11.9. The van der Waals surface area contributed by atoms with Crippen molar-refractivity contribution >= 4 is 0 Å². The number of phenols is 2. The molecule has 1 fully saturated rings. The van der Waals surface area contributed by atoms with Crippen molar-refractivity contribution in [3.8, 4) is 52.9 Å². The number of hydrogen-bond acceptors (Lipinski definition) is 9. The number of nitrogens with zero attached hydrogens (tertiary/aromatic N) is 3. The van der Waals surface area contributed by atoms with E-state index < -0.39 is 18.1 Å². The Bertz CT molecular complexity index is 1730. The summed E-state index contributed by atoms with van der Waals surface area (Å²) in [5.74, 6) is 4.92. The minimum Gasteiger partial charge on any atom is -0.504 e. The Morgan fingerprint density at radius 3 is 1.89 bits per heavy atom. The first-order chi connectivity index (χ1) is 21.8. The molecule has 9 heteroatoms. The van der Waals surface area contributed by atoms with Gasteiger partial charge in [0.2, 0.25) is 0 Å². The summed E-state index contributed by atoms with van der Waals surface area (Å²) < 4.78 is 23.4. The van der Waals surface area contributed by atoms with Crippen molar-refractivity contribution in [3.63, 3.8) is 0 Å². The number of aromatic hydroxyl groups is 2. The lowest BCUT2D eigenvalue weighted by Gasteiger charge is -2.60. The van der Waals surface area contributed by atoms with Crippen molar-refractivity contribution in [2.75, 3.05) is 35.0 Å². The Balaban J connectivity index is 1.68. The second-order valence-electron chi connectivity index (χ2n) is 12.0. The van der Waals surface area contributed by atoms with Crippen LogP contribution >= 0.6 is 0 Å². The lowest BCUT2D eigenvalue weighted by molar-refractivity contribution is -0.0791. The number of phenolic OH excluding ortho intramolecular Hbond substituents is 2. The van der Waals surface area contributed by atoms with Crippen molar-refractivity contribution < 1.29 is 29.2 Å². The van der Waals surface area contributed by atoms with E-state index in [4.69, 9.17) is 25.4 Å². The third kappa shape index (κ3) is 4.37. The molecule has 6 rings (SSSR count). The van der Waals surface area contributed by atoms with Crippen LogP contribution in [0.15, 0.2) is 30.3 Å². The average Bonchev–Trinajstić information content (AvgIpc) is 3.03. The largest absolute Gasteiger partial charge is 0.504 e. The molecule has 3 aromatic rings. The zero-order valence-electron chi connectivity index (χ0n) is 26.5. The Hall–Kier alpha value is -4.57. The highest BCUT2D eigenvalue weighted by atomic mass is 16.5. The number of piperazine rings is 1. The molecule has 0 aromatic heterocycles. The van der Waals surface area contributed by atoms with E-state index in [0.29, 0.717) is 64.5 Å². The van der Waals surface area contributed by atoms with Gasteiger partial charge in [-0.3, -0.25) is 9.80 Å². The third-order valence-corrected chi connectivity index (χ3v) is 10.0. The number of terminal acetylenes is 1. The summed E-state index contributed by atoms with van der Waals surface area (Å²) in [6.45, 7) is 4.03. The molecule has 1 saturated heterocycles. The zero-order chi connectivity index (χ0) is 32.2. The van der Waals surface area contributed by atoms with E-state index in [-0.39, 0.29) is 30.1 Å². The second kappa shape index (κ2) is 11.7. The van der Waals surface area contributed by atoms with Gasteiger partial charge in [0, 0.05) is 51.5 Å². The summed E-state index contributed by atoms with van der Waals surface area (Å²) in [5.41, 5.74) is 5.56. The van der Waals surface area contributed by atoms with Crippen LogP contribution in [0.5, 0.6) is 34.5 Å². The molecular weight excluding hydrogens is 570 g/mol. The average molecular weight is 610 g/mol. The SMILES string of the molecule is C#CCN1[C@@H]2c3c(O)c(OC)c(C)c(OC)c3C[C@H]1[C@H](C#N)N1[C@@H](Cc3ccccc3)c3c(O)c(OC)c(C)c(OC)c3C[C@@H]21. The van der Waals surface area contributed by atoms with E-state index in [2.05, 4.69) is 33.9 Å². The van der Waals surface area contributed by atoms with Crippen LogP contribution in [0.3, 0.4) is 0 Å². The van der Waals surface area contributed by atoms with Crippen LogP contribution in [0, 0.1) is 37.5 Å². The van der Waals surface area contributed by atoms with E-state index in [1.165, 1.54) is 14.2 Å². The molecule has 0 aliphatic carbocycles. The molecule has 9 nitrogen and oxygen atoms in total. The summed E-state index contributed by atoms with van der Waals surface area (Å²) in [6.07, 6.45) is 7.36. The highest BCUT2D eigenvalue weighted by molar-refractivity contribution is 5.67. The van der Waals surface area contributed by atoms with E-state index in [0.717, 1.165) is 16.7 Å². The van der Waals surface area contributed by atoms with Crippen molar-refractivity contribution in [2.45, 2.75) is 63.3 Å². The molecule has 3 aromatic carbocycles. The van der Waals surface area contributed by atoms with Gasteiger partial charge in [0.1, 0.15) is 17.5 Å². The minimum absolute atomic E-state index is 0.0535. The minimum atomic E-state index is -0.596. The number of ether oxygens (including phenoxy) is 4. The molecular formula is C36H39N3O6. The lowest BCUT2D eigenvalue weighted by Crippen LogP contribution is -2.69. The Kier molecular flexibility index (Phi) is 7.95. The number of methoxy groups -OCH3 is 4. The van der Waals surface area contributed by atoms with E-state index in [1.807, 2.05) is 32.0 Å². The summed E-state index contributed by atoms with van der Waals surface area (Å²) in [7, 11) is 6.31. The van der Waals surface area contributed by atoms with Crippen LogP contribution in [0.1, 0.15) is 51.0 Å². The number of benzene rings is 3. The summed E-state index contributed by atoms with van der Waals surface area (Å²) in [6, 6.07) is 10.6. The zero-order valence-corrected chi connectivity index (χ0v) is 26.5. The highest BCUT2D eigenvalue weighted by Crippen LogP contribution is 2.59. The summed E-state index contributed by atoms with van der Waals surface area (Å²) in [4.78, 5) is 4.42. The lowest BCUT2D eigenvalue weighted by atomic mass is 9.70. The molecule has 2 bridgehead atoms. The molecule has 5 atom stereocenters. The van der Waals surface area contributed by atoms with Gasteiger partial charge in [-0.1, -0.05) is 36.3 Å². The van der Waals surface area contributed by atoms with Gasteiger partial charge in [-0.05, 0) is 38.7 Å². The molecule has 0 unspecified atom stereocenters. The first kappa shape index (κ1) is 30.5. The van der Waals surface area contributed by atoms with Crippen molar-refractivity contribution in [2.24, 2.45) is 0 Å². The molecule has 0 radical (unpaired) electrons. The van der Waals surface area contributed by atoms with Crippen LogP contribution < -0.4 is 18.9 Å². The number of hydrogen-bond donors (Lipinski definition) is 2. The normalized spacial score (nSPS) is 23.5. The highest BCUT2D eigenvalue weighted by Gasteiger charge is 2.57. The smallest absolute Gasteiger partial charge is 0.167 e. The van der Waals surface area contributed by atoms with Crippen LogP contribution in [-0.4, -0.2) is 73.1 Å². The van der Waals surface area contributed by atoms with Crippen molar-refractivity contribution in [1.29, 1.82) is 5.26 Å². The van der Waals surface area contributed by atoms with Gasteiger partial charge in [0.15, 0.2) is 23.0 Å². The number of rotatable bonds is 7. The molecule has 3 aliphatic heterocycles. The van der Waals surface area contributed by atoms with E-state index in [1.54, 1.807) is 14.2 Å². The quantitative estimate of drug-likeness (QED) is 0.367. The second-order valence-corrected chi connectivity index (χ2v) is 12.0. The van der Waals surface area contributed by atoms with Gasteiger partial charge in [0.25, 0.3) is 0 Å². The van der Waals surface area contributed by atoms with E-state index >= 15 is 0 Å². The maximum atomic E-state index is 11.9. The molecule has 0 amide bonds. The predicted octanol–water partition coefficient (Wildman–Crippen LogP) is 4.77. The van der Waals surface area contributed by atoms with Gasteiger partial charge < -0.3 is 29.2 Å². The molecule has 45 heavy (non-hydrogen) atoms. The van der Waals surface area contributed by atoms with Gasteiger partial charge in [-0.2, -0.15) is 5.26 Å². The molecule has 3 heterocycles. The Morgan fingerprint density at radius 2 is 1.36 bits per heavy atom. The van der Waals surface area contributed by atoms with E-state index in [9.17, 15) is 15.5 Å². The standard InChI is InChI=1S/C36H39N3O6/c1-8-14-38-24-16-23-29(32(41)36(45-7)20(3)34(23)43-5)30(38)26-17-22-28(31(40)35(44-6)19(2)33(22)42-4)25(39(26)27(24)18-37)15-21-12-10-9-11-13-21/h1,9-13,24-27,30,40-41H,14-17H2,2-7H3/t24-,25-,26-,27-,30-/m0/s1. The maximum Gasteiger partial charge on any atom is 0.167 e. The van der Waals surface area contributed by atoms with Gasteiger partial charge in [0.05, 0.1) is 47.1 Å². The van der Waals surface area contributed by atoms with Gasteiger partial charge in [-0.15, -0.1) is 6.42 Å². The molecule has 3 aliphatic rings. The first-order valence-corrected chi connectivity index (χ1v) is 15.1. The van der Waals surface area contributed by atoms with Crippen LogP contribution in [0.2, 0.25) is 0 Å². The topological polar surface area (TPSA) is 108 Å². The van der Waals surface area contributed by atoms with Gasteiger partial charge in [-0.25, -0.2) is 0 Å². The van der Waals surface area contributed by atoms with Crippen molar-refractivity contribution in [1.82, 2.24) is 9.80 Å². The summed E-state index contributed by atoms with van der Waals surface area (Å²) in [5, 5.41) is 34.7. The molecule has 0 spiro atoms. The van der Waals surface area contributed by atoms with Crippen LogP contribution in [0.4, 0.5) is 0 Å². The molecule has 0 saturated carbocycles. The number of nitriles is 1. The summed E-state index contributed by atoms with van der Waals surface area (Å²) >= 11 is 0. The Labute approximate surface area is 264 Å². The van der Waals surface area contributed by atoms with Crippen molar-refractivity contribution in [3.05, 3.63) is 69.3 Å². The number of fused-ring (bicyclic) bond motifs is 7. The fourth-order valence-electron chi connectivity index (χ4n) is 8.42. The first-order valence-electron chi connectivity index (χ1n) is 15.1.